The molecule has 0 fully saturated rings. The zero-order valence-electron chi connectivity index (χ0n) is 9.01. The summed E-state index contributed by atoms with van der Waals surface area (Å²) in [5, 5.41) is 17.8. The molecule has 0 bridgehead atoms. The van der Waals surface area contributed by atoms with Crippen molar-refractivity contribution < 1.29 is 4.79 Å². The van der Waals surface area contributed by atoms with E-state index in [9.17, 15) is 4.79 Å². The van der Waals surface area contributed by atoms with E-state index >= 15 is 0 Å². The molecule has 0 saturated heterocycles. The van der Waals surface area contributed by atoms with Gasteiger partial charge in [-0.3, -0.25) is 4.79 Å². The van der Waals surface area contributed by atoms with Crippen LogP contribution in [0.3, 0.4) is 0 Å². The zero-order chi connectivity index (χ0) is 12.7. The third-order valence-electron chi connectivity index (χ3n) is 2.75. The zero-order valence-corrected chi connectivity index (χ0v) is 9.01. The smallest absolute Gasteiger partial charge is 0.214 e. The SMILES string of the molecule is N#Cc1nc2c(nc1C#N)-c1ccccc1C2=O. The minimum absolute atomic E-state index is 0.0549. The molecule has 0 N–H and O–H groups in total. The van der Waals surface area contributed by atoms with Gasteiger partial charge in [0.1, 0.15) is 23.5 Å². The molecule has 5 nitrogen and oxygen atoms in total. The van der Waals surface area contributed by atoms with Crippen molar-refractivity contribution in [2.75, 3.05) is 0 Å². The number of rotatable bonds is 0. The first-order valence-corrected chi connectivity index (χ1v) is 5.12. The molecule has 0 aliphatic heterocycles. The molecule has 1 aromatic heterocycles. The average Bonchev–Trinajstić information content (AvgIpc) is 2.71. The summed E-state index contributed by atoms with van der Waals surface area (Å²) in [4.78, 5) is 20.1. The van der Waals surface area contributed by atoms with Crippen molar-refractivity contribution in [1.29, 1.82) is 10.5 Å². The van der Waals surface area contributed by atoms with Crippen LogP contribution >= 0.6 is 0 Å². The second kappa shape index (κ2) is 3.47. The van der Waals surface area contributed by atoms with Crippen LogP contribution in [0.25, 0.3) is 11.3 Å². The normalized spacial score (nSPS) is 11.3. The number of ketones is 1. The molecule has 3 rings (SSSR count). The topological polar surface area (TPSA) is 90.4 Å². The number of hydrogen-bond acceptors (Lipinski definition) is 5. The quantitative estimate of drug-likeness (QED) is 0.584. The second-order valence-corrected chi connectivity index (χ2v) is 3.72. The summed E-state index contributed by atoms with van der Waals surface area (Å²) in [5.74, 6) is -0.255. The molecule has 82 valence electrons. The van der Waals surface area contributed by atoms with Crippen molar-refractivity contribution in [3.8, 4) is 23.4 Å². The van der Waals surface area contributed by atoms with E-state index in [1.165, 1.54) is 0 Å². The van der Waals surface area contributed by atoms with Crippen molar-refractivity contribution in [3.05, 3.63) is 46.9 Å². The lowest BCUT2D eigenvalue weighted by Gasteiger charge is -1.99. The highest BCUT2D eigenvalue weighted by molar-refractivity contribution is 6.19. The van der Waals surface area contributed by atoms with Crippen LogP contribution in [0.4, 0.5) is 0 Å². The van der Waals surface area contributed by atoms with E-state index in [0.717, 1.165) is 0 Å². The number of carbonyl (C=O) groups is 1. The largest absolute Gasteiger partial charge is 0.287 e. The van der Waals surface area contributed by atoms with Crippen LogP contribution in [0.1, 0.15) is 27.4 Å². The van der Waals surface area contributed by atoms with Gasteiger partial charge in [-0.1, -0.05) is 24.3 Å². The molecule has 0 radical (unpaired) electrons. The fourth-order valence-corrected chi connectivity index (χ4v) is 1.95. The molecule has 5 heteroatoms. The molecule has 0 spiro atoms. The summed E-state index contributed by atoms with van der Waals surface area (Å²) in [6, 6.07) is 10.6. The molecule has 18 heavy (non-hydrogen) atoms. The van der Waals surface area contributed by atoms with E-state index in [4.69, 9.17) is 10.5 Å². The molecular formula is C13H4N4O. The number of hydrogen-bond donors (Lipinski definition) is 0. The fraction of sp³-hybridized carbons (Fsp3) is 0. The predicted octanol–water partition coefficient (Wildman–Crippen LogP) is 1.43. The van der Waals surface area contributed by atoms with Gasteiger partial charge in [-0.2, -0.15) is 10.5 Å². The van der Waals surface area contributed by atoms with Crippen molar-refractivity contribution >= 4 is 5.78 Å². The first-order chi connectivity index (χ1) is 8.76. The van der Waals surface area contributed by atoms with Gasteiger partial charge >= 0.3 is 0 Å². The molecule has 1 aliphatic carbocycles. The van der Waals surface area contributed by atoms with Gasteiger partial charge in [0, 0.05) is 11.1 Å². The third-order valence-corrected chi connectivity index (χ3v) is 2.75. The number of fused-ring (bicyclic) bond motifs is 3. The molecule has 0 unspecified atom stereocenters. The van der Waals surface area contributed by atoms with Gasteiger partial charge < -0.3 is 0 Å². The molecule has 0 saturated carbocycles. The molecular weight excluding hydrogens is 228 g/mol. The van der Waals surface area contributed by atoms with Crippen molar-refractivity contribution in [1.82, 2.24) is 9.97 Å². The summed E-state index contributed by atoms with van der Waals surface area (Å²) >= 11 is 0. The van der Waals surface area contributed by atoms with E-state index < -0.39 is 0 Å². The first kappa shape index (κ1) is 10.1. The predicted molar refractivity (Wildman–Crippen MR) is 60.3 cm³/mol. The van der Waals surface area contributed by atoms with E-state index in [2.05, 4.69) is 9.97 Å². The Kier molecular flexibility index (Phi) is 1.95. The molecule has 0 amide bonds. The van der Waals surface area contributed by atoms with Gasteiger partial charge in [-0.15, -0.1) is 0 Å². The van der Waals surface area contributed by atoms with Crippen LogP contribution in [0.2, 0.25) is 0 Å². The Morgan fingerprint density at radius 1 is 0.889 bits per heavy atom. The highest BCUT2D eigenvalue weighted by Gasteiger charge is 2.30. The summed E-state index contributed by atoms with van der Waals surface area (Å²) < 4.78 is 0. The first-order valence-electron chi connectivity index (χ1n) is 5.12. The van der Waals surface area contributed by atoms with Gasteiger partial charge in [-0.25, -0.2) is 9.97 Å². The minimum atomic E-state index is -0.255. The van der Waals surface area contributed by atoms with Crippen molar-refractivity contribution in [2.45, 2.75) is 0 Å². The number of nitriles is 2. The standard InChI is InChI=1S/C13H4N4O/c14-5-9-10(6-15)17-12-11(16-9)7-3-1-2-4-8(7)13(12)18/h1-4H. The van der Waals surface area contributed by atoms with Gasteiger partial charge in [0.25, 0.3) is 0 Å². The van der Waals surface area contributed by atoms with Crippen LogP contribution in [0.15, 0.2) is 24.3 Å². The van der Waals surface area contributed by atoms with E-state index in [1.807, 2.05) is 6.07 Å². The molecule has 0 atom stereocenters. The van der Waals surface area contributed by atoms with Crippen LogP contribution < -0.4 is 0 Å². The van der Waals surface area contributed by atoms with Gasteiger partial charge in [0.15, 0.2) is 11.4 Å². The van der Waals surface area contributed by atoms with E-state index in [0.29, 0.717) is 16.8 Å². The van der Waals surface area contributed by atoms with Crippen LogP contribution in [-0.4, -0.2) is 15.8 Å². The Hall–Kier alpha value is -3.05. The van der Waals surface area contributed by atoms with Crippen molar-refractivity contribution in [3.63, 3.8) is 0 Å². The van der Waals surface area contributed by atoms with E-state index in [-0.39, 0.29) is 22.9 Å². The van der Waals surface area contributed by atoms with Gasteiger partial charge in [-0.05, 0) is 0 Å². The Morgan fingerprint density at radius 2 is 1.44 bits per heavy atom. The molecule has 1 heterocycles. The summed E-state index contributed by atoms with van der Waals surface area (Å²) in [6.07, 6.45) is 0. The van der Waals surface area contributed by atoms with E-state index in [1.54, 1.807) is 30.3 Å². The maximum Gasteiger partial charge on any atom is 0.214 e. The monoisotopic (exact) mass is 232 g/mol. The summed E-state index contributed by atoms with van der Waals surface area (Å²) in [6.45, 7) is 0. The Balaban J connectivity index is 2.38. The van der Waals surface area contributed by atoms with Gasteiger partial charge in [0.05, 0.1) is 0 Å². The van der Waals surface area contributed by atoms with Crippen LogP contribution in [-0.2, 0) is 0 Å². The van der Waals surface area contributed by atoms with Crippen LogP contribution in [0, 0.1) is 22.7 Å². The summed E-state index contributed by atoms with van der Waals surface area (Å²) in [5.41, 5.74) is 1.52. The van der Waals surface area contributed by atoms with Crippen LogP contribution in [0.5, 0.6) is 0 Å². The summed E-state index contributed by atoms with van der Waals surface area (Å²) in [7, 11) is 0. The second-order valence-electron chi connectivity index (χ2n) is 3.72. The Labute approximate surface area is 102 Å². The molecule has 1 aromatic carbocycles. The van der Waals surface area contributed by atoms with Gasteiger partial charge in [0.2, 0.25) is 5.78 Å². The number of nitrogens with zero attached hydrogens (tertiary/aromatic N) is 4. The third kappa shape index (κ3) is 1.16. The average molecular weight is 232 g/mol. The number of carbonyl (C=O) groups excluding carboxylic acids is 1. The Bertz CT molecular complexity index is 781. The lowest BCUT2D eigenvalue weighted by Crippen LogP contribution is -2.03. The number of aromatic nitrogens is 2. The highest BCUT2D eigenvalue weighted by Crippen LogP contribution is 2.34. The lowest BCUT2D eigenvalue weighted by atomic mass is 10.1. The highest BCUT2D eigenvalue weighted by atomic mass is 16.1. The van der Waals surface area contributed by atoms with Crippen molar-refractivity contribution in [2.24, 2.45) is 0 Å². The minimum Gasteiger partial charge on any atom is -0.287 e. The number of benzene rings is 1. The Morgan fingerprint density at radius 3 is 2.06 bits per heavy atom. The fourth-order valence-electron chi connectivity index (χ4n) is 1.95. The lowest BCUT2D eigenvalue weighted by molar-refractivity contribution is 0.103. The maximum absolute atomic E-state index is 12.1. The maximum atomic E-state index is 12.1. The molecule has 1 aliphatic rings. The molecule has 2 aromatic rings.